The van der Waals surface area contributed by atoms with E-state index in [0.717, 1.165) is 14.7 Å². The predicted octanol–water partition coefficient (Wildman–Crippen LogP) is 4.19. The Labute approximate surface area is 132 Å². The Balaban J connectivity index is 2.17. The monoisotopic (exact) mass is 398 g/mol. The van der Waals surface area contributed by atoms with Crippen molar-refractivity contribution < 1.29 is 9.90 Å². The van der Waals surface area contributed by atoms with Gasteiger partial charge in [-0.15, -0.1) is 0 Å². The summed E-state index contributed by atoms with van der Waals surface area (Å²) in [5.74, 6) is -0.283. The maximum Gasteiger partial charge on any atom is 0.335 e. The number of halogens is 2. The van der Waals surface area contributed by atoms with Gasteiger partial charge in [-0.25, -0.2) is 9.78 Å². The van der Waals surface area contributed by atoms with Crippen LogP contribution in [0, 0.1) is 3.57 Å². The first-order valence-electron chi connectivity index (χ1n) is 5.73. The molecule has 0 saturated carbocycles. The number of rotatable bonds is 2. The van der Waals surface area contributed by atoms with Crippen molar-refractivity contribution in [3.8, 4) is 11.4 Å². The molecule has 1 aromatic heterocycles. The molecule has 0 atom stereocenters. The van der Waals surface area contributed by atoms with E-state index >= 15 is 0 Å². The van der Waals surface area contributed by atoms with Crippen molar-refractivity contribution in [3.63, 3.8) is 0 Å². The maximum absolute atomic E-state index is 11.0. The Bertz CT molecular complexity index is 829. The Kier molecular flexibility index (Phi) is 3.39. The highest BCUT2D eigenvalue weighted by Gasteiger charge is 2.11. The summed E-state index contributed by atoms with van der Waals surface area (Å²) >= 11 is 8.22. The molecule has 1 heterocycles. The zero-order valence-corrected chi connectivity index (χ0v) is 12.9. The van der Waals surface area contributed by atoms with Gasteiger partial charge in [0, 0.05) is 14.2 Å². The Hall–Kier alpha value is -1.60. The van der Waals surface area contributed by atoms with Crippen molar-refractivity contribution in [2.45, 2.75) is 0 Å². The van der Waals surface area contributed by atoms with E-state index in [4.69, 9.17) is 16.7 Å². The minimum absolute atomic E-state index is 0.230. The number of hydrogen-bond donors (Lipinski definition) is 2. The van der Waals surface area contributed by atoms with E-state index in [2.05, 4.69) is 32.6 Å². The van der Waals surface area contributed by atoms with E-state index in [1.54, 1.807) is 12.1 Å². The molecule has 0 spiro atoms. The van der Waals surface area contributed by atoms with Gasteiger partial charge < -0.3 is 10.1 Å². The summed E-state index contributed by atoms with van der Waals surface area (Å²) < 4.78 is 1.02. The predicted molar refractivity (Wildman–Crippen MR) is 86.2 cm³/mol. The zero-order valence-electron chi connectivity index (χ0n) is 10.0. The molecule has 0 aliphatic rings. The molecule has 0 aliphatic carbocycles. The van der Waals surface area contributed by atoms with Crippen LogP contribution in [0.5, 0.6) is 0 Å². The summed E-state index contributed by atoms with van der Waals surface area (Å²) in [7, 11) is 0. The highest BCUT2D eigenvalue weighted by atomic mass is 127. The van der Waals surface area contributed by atoms with E-state index in [1.165, 1.54) is 6.07 Å². The van der Waals surface area contributed by atoms with Crippen molar-refractivity contribution in [1.29, 1.82) is 0 Å². The highest BCUT2D eigenvalue weighted by Crippen LogP contribution is 2.28. The molecule has 3 aromatic rings. The maximum atomic E-state index is 11.0. The quantitative estimate of drug-likeness (QED) is 0.636. The molecule has 2 aromatic carbocycles. The second-order valence-electron chi connectivity index (χ2n) is 4.25. The third-order valence-corrected chi connectivity index (χ3v) is 4.09. The second kappa shape index (κ2) is 5.06. The average molecular weight is 399 g/mol. The molecule has 100 valence electrons. The first-order valence-corrected chi connectivity index (χ1v) is 7.19. The van der Waals surface area contributed by atoms with Crippen LogP contribution in [0.4, 0.5) is 0 Å². The van der Waals surface area contributed by atoms with Crippen LogP contribution in [0.1, 0.15) is 10.4 Å². The molecule has 20 heavy (non-hydrogen) atoms. The van der Waals surface area contributed by atoms with Gasteiger partial charge in [-0.2, -0.15) is 0 Å². The SMILES string of the molecule is O=C(O)c1ccc2nc(-c3cc(Cl)ccc3I)[nH]c2c1. The molecule has 0 aliphatic heterocycles. The third kappa shape index (κ3) is 2.38. The molecule has 0 saturated heterocycles. The van der Waals surface area contributed by atoms with E-state index in [-0.39, 0.29) is 5.56 Å². The van der Waals surface area contributed by atoms with Crippen LogP contribution in [-0.2, 0) is 0 Å². The first kappa shape index (κ1) is 13.4. The standard InChI is InChI=1S/C14H8ClIN2O2/c15-8-2-3-10(16)9(6-8)13-17-11-4-1-7(14(19)20)5-12(11)18-13/h1-6H,(H,17,18)(H,19,20). The van der Waals surface area contributed by atoms with Crippen molar-refractivity contribution in [3.05, 3.63) is 50.6 Å². The van der Waals surface area contributed by atoms with Crippen molar-refractivity contribution >= 4 is 51.2 Å². The van der Waals surface area contributed by atoms with E-state index in [9.17, 15) is 4.79 Å². The van der Waals surface area contributed by atoms with Gasteiger partial charge >= 0.3 is 5.97 Å². The fourth-order valence-electron chi connectivity index (χ4n) is 1.95. The molecule has 0 radical (unpaired) electrons. The molecule has 0 fully saturated rings. The summed E-state index contributed by atoms with van der Waals surface area (Å²) in [5.41, 5.74) is 2.54. The Morgan fingerprint density at radius 2 is 2.05 bits per heavy atom. The second-order valence-corrected chi connectivity index (χ2v) is 5.85. The molecule has 3 rings (SSSR count). The van der Waals surface area contributed by atoms with Crippen LogP contribution in [0.2, 0.25) is 5.02 Å². The van der Waals surface area contributed by atoms with Crippen LogP contribution in [0.25, 0.3) is 22.4 Å². The number of carboxylic acid groups (broad SMARTS) is 1. The summed E-state index contributed by atoms with van der Waals surface area (Å²) in [4.78, 5) is 18.6. The third-order valence-electron chi connectivity index (χ3n) is 2.91. The molecule has 0 unspecified atom stereocenters. The highest BCUT2D eigenvalue weighted by molar-refractivity contribution is 14.1. The van der Waals surface area contributed by atoms with Gasteiger partial charge in [0.25, 0.3) is 0 Å². The van der Waals surface area contributed by atoms with Crippen LogP contribution in [0.3, 0.4) is 0 Å². The van der Waals surface area contributed by atoms with Crippen molar-refractivity contribution in [1.82, 2.24) is 9.97 Å². The molecular weight excluding hydrogens is 391 g/mol. The summed E-state index contributed by atoms with van der Waals surface area (Å²) in [6.07, 6.45) is 0. The number of fused-ring (bicyclic) bond motifs is 1. The van der Waals surface area contributed by atoms with Crippen LogP contribution < -0.4 is 0 Å². The molecular formula is C14H8ClIN2O2. The molecule has 2 N–H and O–H groups in total. The number of nitrogens with zero attached hydrogens (tertiary/aromatic N) is 1. The van der Waals surface area contributed by atoms with Crippen molar-refractivity contribution in [2.75, 3.05) is 0 Å². The molecule has 6 heteroatoms. The number of carboxylic acids is 1. The van der Waals surface area contributed by atoms with Gasteiger partial charge in [0.05, 0.1) is 16.6 Å². The fourth-order valence-corrected chi connectivity index (χ4v) is 2.71. The normalized spacial score (nSPS) is 10.9. The fraction of sp³-hybridized carbons (Fsp3) is 0. The molecule has 4 nitrogen and oxygen atoms in total. The number of H-pyrrole nitrogens is 1. The van der Waals surface area contributed by atoms with Gasteiger partial charge in [0.2, 0.25) is 0 Å². The van der Waals surface area contributed by atoms with Crippen LogP contribution in [-0.4, -0.2) is 21.0 Å². The van der Waals surface area contributed by atoms with Gasteiger partial charge in [-0.1, -0.05) is 11.6 Å². The number of carbonyl (C=O) groups is 1. The van der Waals surface area contributed by atoms with Crippen LogP contribution in [0.15, 0.2) is 36.4 Å². The lowest BCUT2D eigenvalue weighted by molar-refractivity contribution is 0.0697. The summed E-state index contributed by atoms with van der Waals surface area (Å²) in [6.45, 7) is 0. The lowest BCUT2D eigenvalue weighted by Gasteiger charge is -2.01. The van der Waals surface area contributed by atoms with Gasteiger partial charge in [0.15, 0.2) is 0 Å². The summed E-state index contributed by atoms with van der Waals surface area (Å²) in [5, 5.41) is 9.63. The number of nitrogens with one attached hydrogen (secondary N) is 1. The lowest BCUT2D eigenvalue weighted by Crippen LogP contribution is -1.94. The van der Waals surface area contributed by atoms with E-state index in [1.807, 2.05) is 18.2 Å². The zero-order chi connectivity index (χ0) is 14.3. The van der Waals surface area contributed by atoms with E-state index < -0.39 is 5.97 Å². The Morgan fingerprint density at radius 1 is 1.25 bits per heavy atom. The number of imidazole rings is 1. The van der Waals surface area contributed by atoms with Crippen LogP contribution >= 0.6 is 34.2 Å². The minimum atomic E-state index is -0.958. The molecule has 0 amide bonds. The lowest BCUT2D eigenvalue weighted by atomic mass is 10.2. The van der Waals surface area contributed by atoms with Crippen molar-refractivity contribution in [2.24, 2.45) is 0 Å². The first-order chi connectivity index (χ1) is 9.54. The summed E-state index contributed by atoms with van der Waals surface area (Å²) in [6, 6.07) is 10.4. The largest absolute Gasteiger partial charge is 0.478 e. The topological polar surface area (TPSA) is 66.0 Å². The average Bonchev–Trinajstić information content (AvgIpc) is 2.83. The Morgan fingerprint density at radius 3 is 2.80 bits per heavy atom. The number of benzene rings is 2. The molecule has 0 bridgehead atoms. The van der Waals surface area contributed by atoms with E-state index in [0.29, 0.717) is 16.4 Å². The minimum Gasteiger partial charge on any atom is -0.478 e. The van der Waals surface area contributed by atoms with Gasteiger partial charge in [-0.05, 0) is 59.0 Å². The van der Waals surface area contributed by atoms with Gasteiger partial charge in [0.1, 0.15) is 5.82 Å². The number of aromatic carboxylic acids is 1. The number of aromatic amines is 1. The smallest absolute Gasteiger partial charge is 0.335 e. The number of hydrogen-bond acceptors (Lipinski definition) is 2. The van der Waals surface area contributed by atoms with Gasteiger partial charge in [-0.3, -0.25) is 0 Å². The number of aromatic nitrogens is 2.